The van der Waals surface area contributed by atoms with Crippen LogP contribution in [0, 0.1) is 10.5 Å². The molecule has 1 unspecified atom stereocenters. The maximum Gasteiger partial charge on any atom is 0.0542 e. The number of hydrogen-bond acceptors (Lipinski definition) is 1. The van der Waals surface area contributed by atoms with E-state index in [-0.39, 0.29) is 6.04 Å². The molecule has 0 aromatic heterocycles. The van der Waals surface area contributed by atoms with Crippen LogP contribution in [0.15, 0.2) is 42.5 Å². The van der Waals surface area contributed by atoms with Crippen molar-refractivity contribution in [3.63, 3.8) is 0 Å². The number of nitrogens with two attached hydrogens (primary N) is 1. The van der Waals surface area contributed by atoms with Crippen LogP contribution in [0.2, 0.25) is 5.02 Å². The quantitative estimate of drug-likeness (QED) is 0.790. The summed E-state index contributed by atoms with van der Waals surface area (Å²) in [5.74, 6) is 0. The molecule has 0 bridgehead atoms. The first-order chi connectivity index (χ1) is 8.58. The molecule has 0 saturated carbocycles. The Balaban J connectivity index is 2.19. The maximum absolute atomic E-state index is 6.25. The van der Waals surface area contributed by atoms with E-state index in [4.69, 9.17) is 17.3 Å². The second kappa shape index (κ2) is 6.04. The highest BCUT2D eigenvalue weighted by Crippen LogP contribution is 2.24. The van der Waals surface area contributed by atoms with Gasteiger partial charge in [-0.1, -0.05) is 41.9 Å². The fourth-order valence-electron chi connectivity index (χ4n) is 1.94. The lowest BCUT2D eigenvalue weighted by Crippen LogP contribution is -2.14. The maximum atomic E-state index is 6.25. The second-order valence-corrected chi connectivity index (χ2v) is 5.98. The molecule has 18 heavy (non-hydrogen) atoms. The number of rotatable bonds is 3. The molecular formula is C15H15ClIN. The van der Waals surface area contributed by atoms with E-state index in [2.05, 4.69) is 53.8 Å². The number of benzene rings is 2. The van der Waals surface area contributed by atoms with Crippen molar-refractivity contribution in [2.24, 2.45) is 5.73 Å². The van der Waals surface area contributed by atoms with Crippen LogP contribution in [0.3, 0.4) is 0 Å². The Hall–Kier alpha value is -0.580. The third kappa shape index (κ3) is 3.25. The highest BCUT2D eigenvalue weighted by molar-refractivity contribution is 14.1. The van der Waals surface area contributed by atoms with Crippen LogP contribution in [0.5, 0.6) is 0 Å². The molecule has 0 aliphatic heterocycles. The predicted octanol–water partition coefficient (Wildman–Crippen LogP) is 4.50. The molecule has 0 heterocycles. The summed E-state index contributed by atoms with van der Waals surface area (Å²) in [6, 6.07) is 14.4. The van der Waals surface area contributed by atoms with Gasteiger partial charge in [0.1, 0.15) is 0 Å². The summed E-state index contributed by atoms with van der Waals surface area (Å²) in [6.07, 6.45) is 0.837. The lowest BCUT2D eigenvalue weighted by molar-refractivity contribution is 0.719. The monoisotopic (exact) mass is 371 g/mol. The molecule has 2 rings (SSSR count). The Bertz CT molecular complexity index is 554. The Morgan fingerprint density at radius 3 is 2.61 bits per heavy atom. The lowest BCUT2D eigenvalue weighted by atomic mass is 9.97. The van der Waals surface area contributed by atoms with E-state index in [1.807, 2.05) is 18.2 Å². The van der Waals surface area contributed by atoms with Gasteiger partial charge >= 0.3 is 0 Å². The van der Waals surface area contributed by atoms with E-state index in [9.17, 15) is 0 Å². The Morgan fingerprint density at radius 2 is 1.94 bits per heavy atom. The molecule has 0 spiro atoms. The van der Waals surface area contributed by atoms with Crippen molar-refractivity contribution in [2.45, 2.75) is 19.4 Å². The van der Waals surface area contributed by atoms with Crippen LogP contribution >= 0.6 is 34.2 Å². The SMILES string of the molecule is Cc1ccccc1CC(N)c1ccc(I)c(Cl)c1. The van der Waals surface area contributed by atoms with Crippen LogP contribution in [-0.2, 0) is 6.42 Å². The van der Waals surface area contributed by atoms with Gasteiger partial charge in [0.15, 0.2) is 0 Å². The van der Waals surface area contributed by atoms with Gasteiger partial charge in [0.05, 0.1) is 5.02 Å². The Kier molecular flexibility index (Phi) is 4.65. The summed E-state index contributed by atoms with van der Waals surface area (Å²) in [6.45, 7) is 2.11. The van der Waals surface area contributed by atoms with Crippen molar-refractivity contribution in [2.75, 3.05) is 0 Å². The van der Waals surface area contributed by atoms with Gasteiger partial charge in [0.2, 0.25) is 0 Å². The summed E-state index contributed by atoms with van der Waals surface area (Å²) in [4.78, 5) is 0. The average molecular weight is 372 g/mol. The van der Waals surface area contributed by atoms with Crippen LogP contribution < -0.4 is 5.73 Å². The number of halogens is 2. The minimum Gasteiger partial charge on any atom is -0.324 e. The third-order valence-electron chi connectivity index (χ3n) is 3.07. The Labute approximate surface area is 126 Å². The van der Waals surface area contributed by atoms with E-state index in [0.29, 0.717) is 0 Å². The predicted molar refractivity (Wildman–Crippen MR) is 86.0 cm³/mol. The first kappa shape index (κ1) is 13.8. The molecule has 0 radical (unpaired) electrons. The van der Waals surface area contributed by atoms with E-state index < -0.39 is 0 Å². The molecule has 0 fully saturated rings. The zero-order chi connectivity index (χ0) is 13.1. The van der Waals surface area contributed by atoms with Gasteiger partial charge in [-0.25, -0.2) is 0 Å². The molecule has 0 aliphatic carbocycles. The van der Waals surface area contributed by atoms with E-state index in [1.165, 1.54) is 11.1 Å². The van der Waals surface area contributed by atoms with Crippen LogP contribution in [0.1, 0.15) is 22.7 Å². The molecule has 0 aliphatic rings. The molecule has 1 nitrogen and oxygen atoms in total. The summed E-state index contributed by atoms with van der Waals surface area (Å²) in [5.41, 5.74) is 9.91. The van der Waals surface area contributed by atoms with Gasteiger partial charge < -0.3 is 5.73 Å². The summed E-state index contributed by atoms with van der Waals surface area (Å²) < 4.78 is 1.06. The average Bonchev–Trinajstić information content (AvgIpc) is 2.35. The lowest BCUT2D eigenvalue weighted by Gasteiger charge is -2.14. The normalized spacial score (nSPS) is 12.4. The van der Waals surface area contributed by atoms with Crippen molar-refractivity contribution in [1.82, 2.24) is 0 Å². The van der Waals surface area contributed by atoms with Crippen molar-refractivity contribution in [3.05, 3.63) is 67.7 Å². The highest BCUT2D eigenvalue weighted by Gasteiger charge is 2.10. The number of aryl methyl sites for hydroxylation is 1. The molecule has 1 atom stereocenters. The van der Waals surface area contributed by atoms with Gasteiger partial charge in [0, 0.05) is 9.61 Å². The molecule has 2 N–H and O–H groups in total. The minimum absolute atomic E-state index is 0.0133. The van der Waals surface area contributed by atoms with Gasteiger partial charge in [-0.15, -0.1) is 0 Å². The van der Waals surface area contributed by atoms with Gasteiger partial charge in [-0.05, 0) is 64.8 Å². The first-order valence-corrected chi connectivity index (χ1v) is 7.28. The van der Waals surface area contributed by atoms with E-state index in [1.54, 1.807) is 0 Å². The summed E-state index contributed by atoms with van der Waals surface area (Å²) in [7, 11) is 0. The van der Waals surface area contributed by atoms with Crippen molar-refractivity contribution in [1.29, 1.82) is 0 Å². The summed E-state index contributed by atoms with van der Waals surface area (Å²) >= 11 is 8.35. The smallest absolute Gasteiger partial charge is 0.0542 e. The molecule has 94 valence electrons. The fourth-order valence-corrected chi connectivity index (χ4v) is 2.46. The van der Waals surface area contributed by atoms with Gasteiger partial charge in [-0.3, -0.25) is 0 Å². The van der Waals surface area contributed by atoms with Crippen molar-refractivity contribution < 1.29 is 0 Å². The van der Waals surface area contributed by atoms with Crippen molar-refractivity contribution >= 4 is 34.2 Å². The van der Waals surface area contributed by atoms with E-state index >= 15 is 0 Å². The van der Waals surface area contributed by atoms with Gasteiger partial charge in [-0.2, -0.15) is 0 Å². The molecule has 0 amide bonds. The second-order valence-electron chi connectivity index (χ2n) is 4.41. The minimum atomic E-state index is -0.0133. The largest absolute Gasteiger partial charge is 0.324 e. The molecular weight excluding hydrogens is 357 g/mol. The Morgan fingerprint density at radius 1 is 1.22 bits per heavy atom. The van der Waals surface area contributed by atoms with Crippen LogP contribution in [0.25, 0.3) is 0 Å². The van der Waals surface area contributed by atoms with E-state index in [0.717, 1.165) is 20.6 Å². The zero-order valence-electron chi connectivity index (χ0n) is 10.2. The van der Waals surface area contributed by atoms with Gasteiger partial charge in [0.25, 0.3) is 0 Å². The molecule has 3 heteroatoms. The first-order valence-electron chi connectivity index (χ1n) is 5.83. The standard InChI is InChI=1S/C15H15ClIN/c1-10-4-2-3-5-11(10)9-15(18)12-6-7-14(17)13(16)8-12/h2-8,15H,9,18H2,1H3. The topological polar surface area (TPSA) is 26.0 Å². The van der Waals surface area contributed by atoms with Crippen LogP contribution in [0.4, 0.5) is 0 Å². The third-order valence-corrected chi connectivity index (χ3v) is 4.65. The fraction of sp³-hybridized carbons (Fsp3) is 0.200. The number of hydrogen-bond donors (Lipinski definition) is 1. The molecule has 0 saturated heterocycles. The van der Waals surface area contributed by atoms with Crippen molar-refractivity contribution in [3.8, 4) is 0 Å². The van der Waals surface area contributed by atoms with Crippen LogP contribution in [-0.4, -0.2) is 0 Å². The summed E-state index contributed by atoms with van der Waals surface area (Å²) in [5, 5.41) is 0.772. The highest BCUT2D eigenvalue weighted by atomic mass is 127. The zero-order valence-corrected chi connectivity index (χ0v) is 13.1. The molecule has 2 aromatic carbocycles. The molecule has 2 aromatic rings.